The highest BCUT2D eigenvalue weighted by Gasteiger charge is 2.16. The zero-order chi connectivity index (χ0) is 14.4. The molecule has 106 valence electrons. The molecule has 0 atom stereocenters. The van der Waals surface area contributed by atoms with Gasteiger partial charge in [-0.15, -0.1) is 0 Å². The molecule has 1 N–H and O–H groups in total. The van der Waals surface area contributed by atoms with Gasteiger partial charge in [0, 0.05) is 6.54 Å². The van der Waals surface area contributed by atoms with Crippen LogP contribution in [0.25, 0.3) is 0 Å². The molecular formula is C12H17F2N3O2. The van der Waals surface area contributed by atoms with E-state index in [1.165, 1.54) is 0 Å². The molecule has 1 aromatic rings. The van der Waals surface area contributed by atoms with Crippen molar-refractivity contribution in [2.75, 3.05) is 32.5 Å². The van der Waals surface area contributed by atoms with Crippen LogP contribution in [0.15, 0.2) is 12.1 Å². The summed E-state index contributed by atoms with van der Waals surface area (Å²) in [4.78, 5) is 11.6. The van der Waals surface area contributed by atoms with E-state index in [2.05, 4.69) is 5.32 Å². The quantitative estimate of drug-likeness (QED) is 0.471. The standard InChI is InChI=1S/C12H17F2N3O2/c1-16(2)6-4-3-5-15-12-10(13)7-9(17(18)19)8-11(12)14/h7-8,15H,3-6H2,1-2H3. The van der Waals surface area contributed by atoms with Crippen molar-refractivity contribution in [2.24, 2.45) is 0 Å². The lowest BCUT2D eigenvalue weighted by atomic mass is 10.2. The van der Waals surface area contributed by atoms with Crippen molar-refractivity contribution in [1.29, 1.82) is 0 Å². The molecule has 1 aromatic carbocycles. The number of unbranched alkanes of at least 4 members (excludes halogenated alkanes) is 1. The molecule has 0 heterocycles. The number of non-ortho nitro benzene ring substituents is 1. The number of hydrogen-bond acceptors (Lipinski definition) is 4. The van der Waals surface area contributed by atoms with Gasteiger partial charge in [0.15, 0.2) is 11.6 Å². The van der Waals surface area contributed by atoms with E-state index in [1.807, 2.05) is 19.0 Å². The number of rotatable bonds is 7. The van der Waals surface area contributed by atoms with E-state index in [9.17, 15) is 18.9 Å². The molecule has 0 spiro atoms. The molecule has 5 nitrogen and oxygen atoms in total. The first kappa shape index (κ1) is 15.3. The van der Waals surface area contributed by atoms with E-state index < -0.39 is 22.2 Å². The third kappa shape index (κ3) is 4.78. The van der Waals surface area contributed by atoms with Crippen molar-refractivity contribution in [1.82, 2.24) is 4.90 Å². The largest absolute Gasteiger partial charge is 0.380 e. The summed E-state index contributed by atoms with van der Waals surface area (Å²) < 4.78 is 27.0. The first-order valence-electron chi connectivity index (χ1n) is 5.94. The van der Waals surface area contributed by atoms with Crippen LogP contribution in [0.2, 0.25) is 0 Å². The molecule has 0 aliphatic carbocycles. The zero-order valence-electron chi connectivity index (χ0n) is 10.9. The second kappa shape index (κ2) is 6.98. The second-order valence-electron chi connectivity index (χ2n) is 4.48. The Balaban J connectivity index is 2.57. The van der Waals surface area contributed by atoms with E-state index in [0.717, 1.165) is 19.4 Å². The Hall–Kier alpha value is -1.76. The van der Waals surface area contributed by atoms with E-state index in [-0.39, 0.29) is 5.69 Å². The van der Waals surface area contributed by atoms with Gasteiger partial charge in [-0.2, -0.15) is 0 Å². The molecule has 1 rings (SSSR count). The number of benzene rings is 1. The number of nitro groups is 1. The van der Waals surface area contributed by atoms with E-state index in [4.69, 9.17) is 0 Å². The molecule has 0 aliphatic rings. The first-order valence-corrected chi connectivity index (χ1v) is 5.94. The fourth-order valence-electron chi connectivity index (χ4n) is 1.60. The fourth-order valence-corrected chi connectivity index (χ4v) is 1.60. The molecule has 0 unspecified atom stereocenters. The minimum Gasteiger partial charge on any atom is -0.380 e. The molecule has 0 radical (unpaired) electrons. The van der Waals surface area contributed by atoms with Gasteiger partial charge in [0.25, 0.3) is 5.69 Å². The topological polar surface area (TPSA) is 58.4 Å². The molecule has 0 saturated carbocycles. The molecule has 7 heteroatoms. The van der Waals surface area contributed by atoms with Crippen molar-refractivity contribution in [3.8, 4) is 0 Å². The molecule has 19 heavy (non-hydrogen) atoms. The summed E-state index contributed by atoms with van der Waals surface area (Å²) >= 11 is 0. The van der Waals surface area contributed by atoms with Crippen molar-refractivity contribution in [2.45, 2.75) is 12.8 Å². The Morgan fingerprint density at radius 1 is 1.26 bits per heavy atom. The maximum atomic E-state index is 13.5. The Kier molecular flexibility index (Phi) is 5.62. The van der Waals surface area contributed by atoms with Crippen LogP contribution in [-0.4, -0.2) is 37.0 Å². The summed E-state index contributed by atoms with van der Waals surface area (Å²) in [5.41, 5.74) is -0.899. The van der Waals surface area contributed by atoms with Gasteiger partial charge in [-0.05, 0) is 33.5 Å². The van der Waals surface area contributed by atoms with Crippen LogP contribution < -0.4 is 5.32 Å². The van der Waals surface area contributed by atoms with Crippen LogP contribution in [0.1, 0.15) is 12.8 Å². The first-order chi connectivity index (χ1) is 8.91. The van der Waals surface area contributed by atoms with Crippen molar-refractivity contribution in [3.05, 3.63) is 33.9 Å². The van der Waals surface area contributed by atoms with E-state index >= 15 is 0 Å². The third-order valence-electron chi connectivity index (χ3n) is 2.57. The molecule has 0 bridgehead atoms. The highest BCUT2D eigenvalue weighted by atomic mass is 19.1. The van der Waals surface area contributed by atoms with Crippen LogP contribution in [0.5, 0.6) is 0 Å². The third-order valence-corrected chi connectivity index (χ3v) is 2.57. The predicted molar refractivity (Wildman–Crippen MR) is 69.3 cm³/mol. The van der Waals surface area contributed by atoms with Gasteiger partial charge >= 0.3 is 0 Å². The number of nitro benzene ring substituents is 1. The maximum Gasteiger partial charge on any atom is 0.275 e. The number of halogens is 2. The summed E-state index contributed by atoms with van der Waals surface area (Å²) in [6.07, 6.45) is 1.66. The molecular weight excluding hydrogens is 256 g/mol. The average molecular weight is 273 g/mol. The SMILES string of the molecule is CN(C)CCCCNc1c(F)cc([N+](=O)[O-])cc1F. The minimum atomic E-state index is -0.945. The molecule has 0 saturated heterocycles. The van der Waals surface area contributed by atoms with Crippen molar-refractivity contribution in [3.63, 3.8) is 0 Å². The number of anilines is 1. The zero-order valence-corrected chi connectivity index (χ0v) is 10.9. The Labute approximate surface area is 110 Å². The Morgan fingerprint density at radius 3 is 2.32 bits per heavy atom. The molecule has 0 fully saturated rings. The van der Waals surface area contributed by atoms with E-state index in [1.54, 1.807) is 0 Å². The van der Waals surface area contributed by atoms with Gasteiger partial charge < -0.3 is 10.2 Å². The van der Waals surface area contributed by atoms with Crippen LogP contribution in [-0.2, 0) is 0 Å². The van der Waals surface area contributed by atoms with Crippen molar-refractivity contribution < 1.29 is 13.7 Å². The lowest BCUT2D eigenvalue weighted by Gasteiger charge is -2.11. The minimum absolute atomic E-state index is 0.310. The van der Waals surface area contributed by atoms with Gasteiger partial charge in [0.2, 0.25) is 0 Å². The Bertz CT molecular complexity index is 430. The highest BCUT2D eigenvalue weighted by molar-refractivity contribution is 5.51. The van der Waals surface area contributed by atoms with Gasteiger partial charge in [0.05, 0.1) is 17.1 Å². The monoisotopic (exact) mass is 273 g/mol. The van der Waals surface area contributed by atoms with Gasteiger partial charge in [-0.3, -0.25) is 10.1 Å². The summed E-state index contributed by atoms with van der Waals surface area (Å²) in [6, 6.07) is 1.43. The van der Waals surface area contributed by atoms with Crippen LogP contribution in [0.4, 0.5) is 20.2 Å². The van der Waals surface area contributed by atoms with Gasteiger partial charge in [0.1, 0.15) is 5.69 Å². The predicted octanol–water partition coefficient (Wildman–Crippen LogP) is 2.63. The second-order valence-corrected chi connectivity index (χ2v) is 4.48. The maximum absolute atomic E-state index is 13.5. The summed E-state index contributed by atoms with van der Waals surface area (Å²) in [6.45, 7) is 1.31. The van der Waals surface area contributed by atoms with Gasteiger partial charge in [-0.1, -0.05) is 0 Å². The normalized spacial score (nSPS) is 10.8. The van der Waals surface area contributed by atoms with Crippen molar-refractivity contribution >= 4 is 11.4 Å². The summed E-state index contributed by atoms with van der Waals surface area (Å²) in [7, 11) is 3.90. The lowest BCUT2D eigenvalue weighted by molar-refractivity contribution is -0.385. The van der Waals surface area contributed by atoms with Gasteiger partial charge in [-0.25, -0.2) is 8.78 Å². The highest BCUT2D eigenvalue weighted by Crippen LogP contribution is 2.24. The average Bonchev–Trinajstić information content (AvgIpc) is 2.30. The molecule has 0 amide bonds. The summed E-state index contributed by atoms with van der Waals surface area (Å²) in [5.74, 6) is -1.89. The lowest BCUT2D eigenvalue weighted by Crippen LogP contribution is -2.14. The number of nitrogens with zero attached hydrogens (tertiary/aromatic N) is 2. The Morgan fingerprint density at radius 2 is 1.84 bits per heavy atom. The fraction of sp³-hybridized carbons (Fsp3) is 0.500. The smallest absolute Gasteiger partial charge is 0.275 e. The van der Waals surface area contributed by atoms with Crippen LogP contribution in [0, 0.1) is 21.7 Å². The molecule has 0 aliphatic heterocycles. The van der Waals surface area contributed by atoms with E-state index in [0.29, 0.717) is 18.7 Å². The van der Waals surface area contributed by atoms with Crippen LogP contribution >= 0.6 is 0 Å². The molecule has 0 aromatic heterocycles. The summed E-state index contributed by atoms with van der Waals surface area (Å²) in [5, 5.41) is 13.1. The number of hydrogen-bond donors (Lipinski definition) is 1. The number of nitrogens with one attached hydrogen (secondary N) is 1. The van der Waals surface area contributed by atoms with Crippen LogP contribution in [0.3, 0.4) is 0 Å².